The lowest BCUT2D eigenvalue weighted by Gasteiger charge is -2.39. The Balaban J connectivity index is 1.27. The minimum absolute atomic E-state index is 0.00711. The molecule has 0 saturated carbocycles. The number of fused-ring (bicyclic) bond motifs is 1. The second kappa shape index (κ2) is 10.2. The van der Waals surface area contributed by atoms with Crippen LogP contribution in [0.5, 0.6) is 5.75 Å². The number of carbonyl (C=O) groups is 2. The Labute approximate surface area is 222 Å². The number of benzene rings is 2. The van der Waals surface area contributed by atoms with E-state index in [0.29, 0.717) is 67.6 Å². The van der Waals surface area contributed by atoms with Gasteiger partial charge in [0.25, 0.3) is 5.91 Å². The van der Waals surface area contributed by atoms with Crippen molar-refractivity contribution in [1.82, 2.24) is 9.21 Å². The summed E-state index contributed by atoms with van der Waals surface area (Å²) in [4.78, 5) is 29.5. The molecule has 2 amide bonds. The summed E-state index contributed by atoms with van der Waals surface area (Å²) in [5.41, 5.74) is 2.01. The van der Waals surface area contributed by atoms with E-state index in [-0.39, 0.29) is 29.2 Å². The molecule has 0 bridgehead atoms. The zero-order valence-electron chi connectivity index (χ0n) is 20.9. The average molecular weight is 547 g/mol. The maximum absolute atomic E-state index is 13.7. The predicted octanol–water partition coefficient (Wildman–Crippen LogP) is 3.12. The van der Waals surface area contributed by atoms with Crippen LogP contribution in [0.3, 0.4) is 0 Å². The number of sulfonamides is 1. The van der Waals surface area contributed by atoms with Gasteiger partial charge in [-0.1, -0.05) is 17.7 Å². The minimum Gasteiger partial charge on any atom is -0.479 e. The van der Waals surface area contributed by atoms with Crippen LogP contribution in [-0.4, -0.2) is 74.8 Å². The van der Waals surface area contributed by atoms with Gasteiger partial charge >= 0.3 is 0 Å². The van der Waals surface area contributed by atoms with Gasteiger partial charge < -0.3 is 19.9 Å². The summed E-state index contributed by atoms with van der Waals surface area (Å²) >= 11 is 6.13. The van der Waals surface area contributed by atoms with Crippen LogP contribution in [0, 0.1) is 12.8 Å². The second-order valence-electron chi connectivity index (χ2n) is 9.86. The molecular weight excluding hydrogens is 516 g/mol. The van der Waals surface area contributed by atoms with Crippen molar-refractivity contribution in [3.63, 3.8) is 0 Å². The summed E-state index contributed by atoms with van der Waals surface area (Å²) in [6.45, 7) is 6.39. The van der Waals surface area contributed by atoms with Crippen LogP contribution >= 0.6 is 11.6 Å². The summed E-state index contributed by atoms with van der Waals surface area (Å²) in [7, 11) is -3.85. The molecule has 37 heavy (non-hydrogen) atoms. The average Bonchev–Trinajstić information content (AvgIpc) is 2.89. The van der Waals surface area contributed by atoms with Crippen molar-refractivity contribution in [3.05, 3.63) is 47.0 Å². The normalized spacial score (nSPS) is 22.7. The highest BCUT2D eigenvalue weighted by Gasteiger charge is 2.37. The van der Waals surface area contributed by atoms with Crippen LogP contribution in [-0.2, 0) is 19.6 Å². The monoisotopic (exact) mass is 546 g/mol. The fraction of sp³-hybridized carbons (Fsp3) is 0.462. The summed E-state index contributed by atoms with van der Waals surface area (Å²) < 4.78 is 34.4. The van der Waals surface area contributed by atoms with E-state index >= 15 is 0 Å². The van der Waals surface area contributed by atoms with Gasteiger partial charge in [0.05, 0.1) is 16.5 Å². The van der Waals surface area contributed by atoms with Crippen molar-refractivity contribution >= 4 is 44.8 Å². The maximum Gasteiger partial charge on any atom is 0.265 e. The molecule has 9 nitrogen and oxygen atoms in total. The lowest BCUT2D eigenvalue weighted by molar-refractivity contribution is -0.137. The van der Waals surface area contributed by atoms with E-state index in [0.717, 1.165) is 5.69 Å². The molecule has 0 aliphatic carbocycles. The Bertz CT molecular complexity index is 1330. The smallest absolute Gasteiger partial charge is 0.265 e. The Morgan fingerprint density at radius 3 is 2.59 bits per heavy atom. The van der Waals surface area contributed by atoms with Crippen LogP contribution in [0.2, 0.25) is 5.02 Å². The van der Waals surface area contributed by atoms with E-state index in [4.69, 9.17) is 16.3 Å². The number of hydrogen-bond donors (Lipinski definition) is 1. The summed E-state index contributed by atoms with van der Waals surface area (Å²) in [5, 5.41) is 3.43. The van der Waals surface area contributed by atoms with Gasteiger partial charge in [-0.05, 0) is 56.5 Å². The third kappa shape index (κ3) is 5.15. The number of amides is 2. The highest BCUT2D eigenvalue weighted by Crippen LogP contribution is 2.36. The number of hydrogen-bond acceptors (Lipinski definition) is 6. The first-order chi connectivity index (χ1) is 17.6. The zero-order valence-corrected chi connectivity index (χ0v) is 22.5. The molecule has 2 fully saturated rings. The summed E-state index contributed by atoms with van der Waals surface area (Å²) in [6.07, 6.45) is 0.572. The molecule has 1 N–H and O–H groups in total. The number of nitrogens with zero attached hydrogens (tertiary/aromatic N) is 3. The molecule has 0 radical (unpaired) electrons. The first-order valence-corrected chi connectivity index (χ1v) is 14.4. The SMILES string of the molecule is Cc1cc2c(cc1S(=O)(=O)N1CCC[C@@H](C(=O)N3CCN(c4cccc(Cl)c4)CC3)C1)O[C@@H](C)C(=O)N2. The van der Waals surface area contributed by atoms with E-state index < -0.39 is 16.1 Å². The first kappa shape index (κ1) is 25.8. The van der Waals surface area contributed by atoms with Crippen molar-refractivity contribution in [2.75, 3.05) is 49.5 Å². The third-order valence-electron chi connectivity index (χ3n) is 7.32. The highest BCUT2D eigenvalue weighted by atomic mass is 35.5. The second-order valence-corrected chi connectivity index (χ2v) is 12.2. The molecule has 0 unspecified atom stereocenters. The standard InChI is InChI=1S/C26H31ClN4O5S/c1-17-13-22-23(36-18(2)25(32)28-22)15-24(17)37(34,35)31-8-4-5-19(16-31)26(33)30-11-9-29(10-12-30)21-7-3-6-20(27)14-21/h3,6-7,13-15,18-19H,4-5,8-12,16H2,1-2H3,(H,28,32)/t18-,19+/m0/s1. The minimum atomic E-state index is -3.85. The number of halogens is 1. The molecule has 198 valence electrons. The van der Waals surface area contributed by atoms with Crippen LogP contribution in [0.25, 0.3) is 0 Å². The van der Waals surface area contributed by atoms with Gasteiger partial charge in [0.2, 0.25) is 15.9 Å². The zero-order chi connectivity index (χ0) is 26.3. The van der Waals surface area contributed by atoms with Crippen molar-refractivity contribution < 1.29 is 22.7 Å². The molecule has 3 aliphatic rings. The Morgan fingerprint density at radius 1 is 1.11 bits per heavy atom. The largest absolute Gasteiger partial charge is 0.479 e. The lowest BCUT2D eigenvalue weighted by Crippen LogP contribution is -2.53. The molecule has 2 atom stereocenters. The number of anilines is 2. The Kier molecular flexibility index (Phi) is 7.08. The Morgan fingerprint density at radius 2 is 1.86 bits per heavy atom. The summed E-state index contributed by atoms with van der Waals surface area (Å²) in [6, 6.07) is 10.8. The van der Waals surface area contributed by atoms with Crippen molar-refractivity contribution in [1.29, 1.82) is 0 Å². The van der Waals surface area contributed by atoms with Gasteiger partial charge in [0, 0.05) is 56.0 Å². The number of nitrogens with one attached hydrogen (secondary N) is 1. The van der Waals surface area contributed by atoms with Gasteiger partial charge in [-0.3, -0.25) is 9.59 Å². The third-order valence-corrected chi connectivity index (χ3v) is 9.57. The predicted molar refractivity (Wildman–Crippen MR) is 142 cm³/mol. The van der Waals surface area contributed by atoms with Crippen molar-refractivity contribution in [3.8, 4) is 5.75 Å². The number of piperazine rings is 1. The molecule has 2 aromatic carbocycles. The van der Waals surface area contributed by atoms with Gasteiger partial charge in [-0.15, -0.1) is 0 Å². The number of rotatable bonds is 4. The number of ether oxygens (including phenoxy) is 1. The summed E-state index contributed by atoms with van der Waals surface area (Å²) in [5.74, 6) is -0.311. The van der Waals surface area contributed by atoms with Crippen LogP contribution < -0.4 is 15.0 Å². The highest BCUT2D eigenvalue weighted by molar-refractivity contribution is 7.89. The maximum atomic E-state index is 13.7. The molecule has 0 aromatic heterocycles. The number of aryl methyl sites for hydroxylation is 1. The molecule has 0 spiro atoms. The van der Waals surface area contributed by atoms with E-state index in [1.54, 1.807) is 19.9 Å². The van der Waals surface area contributed by atoms with Gasteiger partial charge in [0.1, 0.15) is 5.75 Å². The molecule has 2 saturated heterocycles. The van der Waals surface area contributed by atoms with Crippen molar-refractivity contribution in [2.45, 2.75) is 37.7 Å². The van der Waals surface area contributed by atoms with Gasteiger partial charge in [0.15, 0.2) is 6.10 Å². The van der Waals surface area contributed by atoms with E-state index in [1.165, 1.54) is 10.4 Å². The molecular formula is C26H31ClN4O5S. The first-order valence-electron chi connectivity index (χ1n) is 12.5. The molecule has 11 heteroatoms. The van der Waals surface area contributed by atoms with Crippen molar-refractivity contribution in [2.24, 2.45) is 5.92 Å². The van der Waals surface area contributed by atoms with Gasteiger partial charge in [-0.2, -0.15) is 4.31 Å². The lowest BCUT2D eigenvalue weighted by atomic mass is 9.97. The molecule has 2 aromatic rings. The topological polar surface area (TPSA) is 99.3 Å². The fourth-order valence-electron chi connectivity index (χ4n) is 5.24. The molecule has 5 rings (SSSR count). The van der Waals surface area contributed by atoms with E-state index in [9.17, 15) is 18.0 Å². The van der Waals surface area contributed by atoms with E-state index in [2.05, 4.69) is 10.2 Å². The van der Waals surface area contributed by atoms with Gasteiger partial charge in [-0.25, -0.2) is 8.42 Å². The molecule has 3 heterocycles. The van der Waals surface area contributed by atoms with E-state index in [1.807, 2.05) is 29.2 Å². The molecule has 3 aliphatic heterocycles. The quantitative estimate of drug-likeness (QED) is 0.632. The number of piperidine rings is 1. The van der Waals surface area contributed by atoms with Crippen LogP contribution in [0.4, 0.5) is 11.4 Å². The van der Waals surface area contributed by atoms with Crippen LogP contribution in [0.1, 0.15) is 25.3 Å². The number of carbonyl (C=O) groups excluding carboxylic acids is 2. The fourth-order valence-corrected chi connectivity index (χ4v) is 7.17. The van der Waals surface area contributed by atoms with Crippen LogP contribution in [0.15, 0.2) is 41.3 Å². The Hall–Kier alpha value is -2.82.